The van der Waals surface area contributed by atoms with Gasteiger partial charge in [0.05, 0.1) is 12.1 Å². The van der Waals surface area contributed by atoms with Crippen molar-refractivity contribution in [2.75, 3.05) is 13.1 Å². The van der Waals surface area contributed by atoms with Gasteiger partial charge in [0.1, 0.15) is 11.5 Å². The minimum atomic E-state index is -0.395. The molecular weight excluding hydrogens is 238 g/mol. The van der Waals surface area contributed by atoms with E-state index in [1.165, 1.54) is 12.8 Å². The lowest BCUT2D eigenvalue weighted by molar-refractivity contribution is -0.0841. The van der Waals surface area contributed by atoms with Crippen molar-refractivity contribution >= 4 is 0 Å². The first-order chi connectivity index (χ1) is 9.11. The summed E-state index contributed by atoms with van der Waals surface area (Å²) in [7, 11) is 0. The van der Waals surface area contributed by atoms with Crippen LogP contribution in [0.25, 0.3) is 0 Å². The van der Waals surface area contributed by atoms with E-state index in [9.17, 15) is 5.11 Å². The van der Waals surface area contributed by atoms with E-state index in [0.717, 1.165) is 44.0 Å². The summed E-state index contributed by atoms with van der Waals surface area (Å²) in [6.07, 6.45) is 4.32. The second-order valence-electron chi connectivity index (χ2n) is 6.37. The van der Waals surface area contributed by atoms with Crippen LogP contribution in [0.3, 0.4) is 0 Å². The van der Waals surface area contributed by atoms with Gasteiger partial charge in [-0.3, -0.25) is 4.90 Å². The maximum absolute atomic E-state index is 10.8. The van der Waals surface area contributed by atoms with Crippen molar-refractivity contribution in [1.29, 1.82) is 0 Å². The molecular formula is C16H25NO2. The van der Waals surface area contributed by atoms with Gasteiger partial charge in [-0.1, -0.05) is 13.8 Å². The molecule has 0 bridgehead atoms. The quantitative estimate of drug-likeness (QED) is 0.907. The van der Waals surface area contributed by atoms with Gasteiger partial charge in [-0.15, -0.1) is 0 Å². The van der Waals surface area contributed by atoms with Crippen LogP contribution < -0.4 is 0 Å². The molecule has 1 N–H and O–H groups in total. The number of hydrogen-bond donors (Lipinski definition) is 1. The van der Waals surface area contributed by atoms with E-state index in [4.69, 9.17) is 4.42 Å². The van der Waals surface area contributed by atoms with Crippen molar-refractivity contribution in [3.63, 3.8) is 0 Å². The molecule has 1 saturated heterocycles. The standard InChI is InChI=1S/C16H25NO2/c1-3-14-6-7-15(19-14)11-17-9-8-16(18,12(2)10-17)13-4-5-13/h6-7,12-13,18H,3-5,8-11H2,1-2H3/t12-,16+/m1/s1. The molecule has 0 spiro atoms. The van der Waals surface area contributed by atoms with Crippen molar-refractivity contribution in [2.24, 2.45) is 11.8 Å². The fourth-order valence-electron chi connectivity index (χ4n) is 3.47. The first-order valence-electron chi connectivity index (χ1n) is 7.64. The van der Waals surface area contributed by atoms with Gasteiger partial charge >= 0.3 is 0 Å². The summed E-state index contributed by atoms with van der Waals surface area (Å²) in [5, 5.41) is 10.8. The van der Waals surface area contributed by atoms with Crippen molar-refractivity contribution < 1.29 is 9.52 Å². The van der Waals surface area contributed by atoms with Gasteiger partial charge in [-0.05, 0) is 43.2 Å². The fourth-order valence-corrected chi connectivity index (χ4v) is 3.47. The molecule has 0 unspecified atom stereocenters. The van der Waals surface area contributed by atoms with Gasteiger partial charge in [0, 0.05) is 19.5 Å². The lowest BCUT2D eigenvalue weighted by Gasteiger charge is -2.43. The molecule has 1 aliphatic carbocycles. The van der Waals surface area contributed by atoms with Crippen LogP contribution in [0, 0.1) is 11.8 Å². The molecule has 0 aromatic carbocycles. The third-order valence-electron chi connectivity index (χ3n) is 4.94. The summed E-state index contributed by atoms with van der Waals surface area (Å²) >= 11 is 0. The Bertz CT molecular complexity index is 438. The first-order valence-corrected chi connectivity index (χ1v) is 7.64. The Balaban J connectivity index is 1.59. The molecule has 3 heteroatoms. The Morgan fingerprint density at radius 1 is 1.37 bits per heavy atom. The highest BCUT2D eigenvalue weighted by molar-refractivity contribution is 5.08. The summed E-state index contributed by atoms with van der Waals surface area (Å²) in [6, 6.07) is 4.16. The first kappa shape index (κ1) is 13.2. The van der Waals surface area contributed by atoms with Gasteiger partial charge < -0.3 is 9.52 Å². The van der Waals surface area contributed by atoms with Crippen LogP contribution in [0.15, 0.2) is 16.5 Å². The average Bonchev–Trinajstić information content (AvgIpc) is 3.16. The Morgan fingerprint density at radius 3 is 2.68 bits per heavy atom. The molecule has 106 valence electrons. The highest BCUT2D eigenvalue weighted by atomic mass is 16.3. The third-order valence-corrected chi connectivity index (χ3v) is 4.94. The number of piperidine rings is 1. The van der Waals surface area contributed by atoms with E-state index >= 15 is 0 Å². The lowest BCUT2D eigenvalue weighted by atomic mass is 9.78. The maximum Gasteiger partial charge on any atom is 0.118 e. The Labute approximate surface area is 115 Å². The number of hydrogen-bond acceptors (Lipinski definition) is 3. The fraction of sp³-hybridized carbons (Fsp3) is 0.750. The van der Waals surface area contributed by atoms with E-state index in [2.05, 4.69) is 30.9 Å². The largest absolute Gasteiger partial charge is 0.465 e. The summed E-state index contributed by atoms with van der Waals surface area (Å²) in [5.74, 6) is 3.06. The van der Waals surface area contributed by atoms with E-state index in [-0.39, 0.29) is 0 Å². The Kier molecular flexibility index (Phi) is 3.44. The predicted molar refractivity (Wildman–Crippen MR) is 74.8 cm³/mol. The van der Waals surface area contributed by atoms with Gasteiger partial charge in [-0.2, -0.15) is 0 Å². The Morgan fingerprint density at radius 2 is 2.11 bits per heavy atom. The molecule has 3 rings (SSSR count). The highest BCUT2D eigenvalue weighted by Gasteiger charge is 2.49. The number of nitrogens with zero attached hydrogens (tertiary/aromatic N) is 1. The van der Waals surface area contributed by atoms with Crippen LogP contribution in [0.1, 0.15) is 44.6 Å². The van der Waals surface area contributed by atoms with Crippen LogP contribution in [0.2, 0.25) is 0 Å². The van der Waals surface area contributed by atoms with Gasteiger partial charge in [0.15, 0.2) is 0 Å². The van der Waals surface area contributed by atoms with Crippen LogP contribution in [0.5, 0.6) is 0 Å². The van der Waals surface area contributed by atoms with Crippen molar-refractivity contribution in [3.05, 3.63) is 23.7 Å². The topological polar surface area (TPSA) is 36.6 Å². The normalized spacial score (nSPS) is 32.7. The zero-order valence-electron chi connectivity index (χ0n) is 12.1. The number of aryl methyl sites for hydroxylation is 1. The zero-order valence-corrected chi connectivity index (χ0v) is 12.1. The SMILES string of the molecule is CCc1ccc(CN2CC[C@@](O)(C3CC3)[C@H](C)C2)o1. The molecule has 2 fully saturated rings. The summed E-state index contributed by atoms with van der Waals surface area (Å²) in [6.45, 7) is 7.16. The molecule has 0 radical (unpaired) electrons. The minimum absolute atomic E-state index is 0.370. The van der Waals surface area contributed by atoms with Crippen molar-refractivity contribution in [1.82, 2.24) is 4.90 Å². The van der Waals surface area contributed by atoms with Gasteiger partial charge in [0.25, 0.3) is 0 Å². The third kappa shape index (κ3) is 2.59. The summed E-state index contributed by atoms with van der Waals surface area (Å²) < 4.78 is 5.78. The second kappa shape index (κ2) is 4.95. The van der Waals surface area contributed by atoms with Crippen molar-refractivity contribution in [2.45, 2.75) is 51.7 Å². The lowest BCUT2D eigenvalue weighted by Crippen LogP contribution is -2.51. The molecule has 2 aliphatic rings. The summed E-state index contributed by atoms with van der Waals surface area (Å²) in [4.78, 5) is 2.42. The smallest absolute Gasteiger partial charge is 0.118 e. The molecule has 1 aromatic rings. The monoisotopic (exact) mass is 263 g/mol. The van der Waals surface area contributed by atoms with Crippen LogP contribution in [-0.4, -0.2) is 28.7 Å². The molecule has 19 heavy (non-hydrogen) atoms. The predicted octanol–water partition coefficient (Wildman–Crippen LogP) is 2.82. The molecule has 1 aliphatic heterocycles. The molecule has 1 aromatic heterocycles. The van der Waals surface area contributed by atoms with Crippen LogP contribution in [-0.2, 0) is 13.0 Å². The number of furan rings is 1. The van der Waals surface area contributed by atoms with Crippen LogP contribution >= 0.6 is 0 Å². The number of aliphatic hydroxyl groups is 1. The molecule has 0 amide bonds. The van der Waals surface area contributed by atoms with Gasteiger partial charge in [0.2, 0.25) is 0 Å². The molecule has 2 heterocycles. The van der Waals surface area contributed by atoms with E-state index in [0.29, 0.717) is 11.8 Å². The average molecular weight is 263 g/mol. The van der Waals surface area contributed by atoms with E-state index < -0.39 is 5.60 Å². The van der Waals surface area contributed by atoms with E-state index in [1.807, 2.05) is 0 Å². The van der Waals surface area contributed by atoms with E-state index in [1.54, 1.807) is 0 Å². The van der Waals surface area contributed by atoms with Gasteiger partial charge in [-0.25, -0.2) is 0 Å². The Hall–Kier alpha value is -0.800. The number of rotatable bonds is 4. The molecule has 1 saturated carbocycles. The van der Waals surface area contributed by atoms with Crippen LogP contribution in [0.4, 0.5) is 0 Å². The molecule has 2 atom stereocenters. The number of likely N-dealkylation sites (tertiary alicyclic amines) is 1. The zero-order chi connectivity index (χ0) is 13.5. The maximum atomic E-state index is 10.8. The minimum Gasteiger partial charge on any atom is -0.465 e. The highest BCUT2D eigenvalue weighted by Crippen LogP contribution is 2.47. The second-order valence-corrected chi connectivity index (χ2v) is 6.37. The van der Waals surface area contributed by atoms with Crippen molar-refractivity contribution in [3.8, 4) is 0 Å². The molecule has 3 nitrogen and oxygen atoms in total. The summed E-state index contributed by atoms with van der Waals surface area (Å²) in [5.41, 5.74) is -0.395.